The number of hydrogen-bond acceptors (Lipinski definition) is 2. The third-order valence-electron chi connectivity index (χ3n) is 4.52. The molecule has 1 aromatic rings. The van der Waals surface area contributed by atoms with Gasteiger partial charge in [0.2, 0.25) is 0 Å². The van der Waals surface area contributed by atoms with Crippen molar-refractivity contribution in [3.8, 4) is 0 Å². The second kappa shape index (κ2) is 7.77. The predicted molar refractivity (Wildman–Crippen MR) is 81.9 cm³/mol. The highest BCUT2D eigenvalue weighted by atomic mass is 19.4. The van der Waals surface area contributed by atoms with Gasteiger partial charge in [0.05, 0.1) is 11.1 Å². The summed E-state index contributed by atoms with van der Waals surface area (Å²) in [4.78, 5) is 23.7. The number of carboxylic acid groups (broad SMARTS) is 1. The van der Waals surface area contributed by atoms with Gasteiger partial charge >= 0.3 is 18.3 Å². The normalized spacial score (nSPS) is 17.4. The maximum Gasteiger partial charge on any atom is 0.416 e. The minimum atomic E-state index is -5.09. The molecule has 1 aromatic carbocycles. The fourth-order valence-corrected chi connectivity index (χ4v) is 3.16. The number of hydrogen-bond donors (Lipinski definition) is 2. The minimum absolute atomic E-state index is 0.0907. The van der Waals surface area contributed by atoms with Crippen molar-refractivity contribution in [3.63, 3.8) is 0 Å². The van der Waals surface area contributed by atoms with E-state index in [0.29, 0.717) is 12.8 Å². The van der Waals surface area contributed by atoms with Crippen molar-refractivity contribution < 1.29 is 41.0 Å². The Morgan fingerprint density at radius 2 is 1.41 bits per heavy atom. The van der Waals surface area contributed by atoms with Gasteiger partial charge in [-0.1, -0.05) is 19.3 Å². The lowest BCUT2D eigenvalue weighted by Gasteiger charge is -2.28. The molecule has 1 saturated carbocycles. The van der Waals surface area contributed by atoms with E-state index in [1.807, 2.05) is 0 Å². The number of carbonyl (C=O) groups excluding carboxylic acids is 1. The van der Waals surface area contributed by atoms with Crippen LogP contribution in [0.15, 0.2) is 18.2 Å². The molecule has 1 amide bonds. The predicted octanol–water partition coefficient (Wildman–Crippen LogP) is 4.49. The molecule has 1 aliphatic carbocycles. The molecule has 4 nitrogen and oxygen atoms in total. The standard InChI is InChI=1S/C17H17F6NO3/c18-16(19,20)11-6-10(7-12(8-11)17(21,22)23)14(25)24-13(15(26)27)9-4-2-1-3-5-9/h6-9,13H,1-5H2,(H,24,25)(H,26,27)/t13-/m0/s1. The number of amides is 1. The number of benzene rings is 1. The molecule has 0 unspecified atom stereocenters. The van der Waals surface area contributed by atoms with E-state index in [1.54, 1.807) is 0 Å². The van der Waals surface area contributed by atoms with Crippen LogP contribution in [0.5, 0.6) is 0 Å². The van der Waals surface area contributed by atoms with Crippen LogP contribution in [0, 0.1) is 5.92 Å². The maximum absolute atomic E-state index is 12.9. The molecule has 2 N–H and O–H groups in total. The van der Waals surface area contributed by atoms with E-state index in [0.717, 1.165) is 19.3 Å². The monoisotopic (exact) mass is 397 g/mol. The van der Waals surface area contributed by atoms with Gasteiger partial charge in [-0.3, -0.25) is 4.79 Å². The zero-order chi connectivity index (χ0) is 20.4. The van der Waals surface area contributed by atoms with E-state index >= 15 is 0 Å². The van der Waals surface area contributed by atoms with Crippen LogP contribution >= 0.6 is 0 Å². The molecule has 10 heteroatoms. The number of carbonyl (C=O) groups is 2. The summed E-state index contributed by atoms with van der Waals surface area (Å²) in [5, 5.41) is 11.4. The van der Waals surface area contributed by atoms with E-state index in [9.17, 15) is 41.0 Å². The Labute approximate surface area is 150 Å². The van der Waals surface area contributed by atoms with Crippen LogP contribution in [0.1, 0.15) is 53.6 Å². The summed E-state index contributed by atoms with van der Waals surface area (Å²) in [6, 6.07) is -0.900. The minimum Gasteiger partial charge on any atom is -0.480 e. The van der Waals surface area contributed by atoms with Crippen LogP contribution in [-0.4, -0.2) is 23.0 Å². The molecule has 1 fully saturated rings. The third-order valence-corrected chi connectivity index (χ3v) is 4.52. The van der Waals surface area contributed by atoms with Crippen molar-refractivity contribution in [3.05, 3.63) is 34.9 Å². The Kier molecular flexibility index (Phi) is 6.06. The average molecular weight is 397 g/mol. The highest BCUT2D eigenvalue weighted by Crippen LogP contribution is 2.36. The summed E-state index contributed by atoms with van der Waals surface area (Å²) in [5.41, 5.74) is -4.15. The summed E-state index contributed by atoms with van der Waals surface area (Å²) in [7, 11) is 0. The molecule has 1 atom stereocenters. The number of alkyl halides is 6. The largest absolute Gasteiger partial charge is 0.480 e. The highest BCUT2D eigenvalue weighted by Gasteiger charge is 2.38. The van der Waals surface area contributed by atoms with Gasteiger partial charge in [0, 0.05) is 5.56 Å². The summed E-state index contributed by atoms with van der Waals surface area (Å²) >= 11 is 0. The fraction of sp³-hybridized carbons (Fsp3) is 0.529. The number of nitrogens with one attached hydrogen (secondary N) is 1. The quantitative estimate of drug-likeness (QED) is 0.736. The van der Waals surface area contributed by atoms with E-state index in [-0.39, 0.29) is 18.2 Å². The van der Waals surface area contributed by atoms with Crippen molar-refractivity contribution in [1.82, 2.24) is 5.32 Å². The number of rotatable bonds is 4. The molecule has 0 saturated heterocycles. The summed E-state index contributed by atoms with van der Waals surface area (Å²) in [5.74, 6) is -3.09. The fourth-order valence-electron chi connectivity index (χ4n) is 3.16. The smallest absolute Gasteiger partial charge is 0.416 e. The molecule has 0 aromatic heterocycles. The van der Waals surface area contributed by atoms with Gasteiger partial charge in [-0.25, -0.2) is 4.79 Å². The lowest BCUT2D eigenvalue weighted by Crippen LogP contribution is -2.46. The molecule has 0 radical (unpaired) electrons. The first-order valence-corrected chi connectivity index (χ1v) is 8.22. The second-order valence-electron chi connectivity index (χ2n) is 6.48. The van der Waals surface area contributed by atoms with Crippen molar-refractivity contribution in [2.45, 2.75) is 50.5 Å². The van der Waals surface area contributed by atoms with Crippen LogP contribution < -0.4 is 5.32 Å². The van der Waals surface area contributed by atoms with Gasteiger partial charge in [-0.15, -0.1) is 0 Å². The Morgan fingerprint density at radius 3 is 1.81 bits per heavy atom. The highest BCUT2D eigenvalue weighted by molar-refractivity contribution is 5.97. The Balaban J connectivity index is 2.34. The first kappa shape index (κ1) is 21.0. The lowest BCUT2D eigenvalue weighted by molar-refractivity contribution is -0.143. The molecule has 2 rings (SSSR count). The summed E-state index contributed by atoms with van der Waals surface area (Å²) in [6.07, 6.45) is -6.78. The molecule has 1 aliphatic rings. The van der Waals surface area contributed by atoms with Crippen LogP contribution in [-0.2, 0) is 17.1 Å². The molecule has 0 aliphatic heterocycles. The average Bonchev–Trinajstić information content (AvgIpc) is 2.58. The van der Waals surface area contributed by atoms with Crippen molar-refractivity contribution in [1.29, 1.82) is 0 Å². The second-order valence-corrected chi connectivity index (χ2v) is 6.48. The van der Waals surface area contributed by atoms with Gasteiger partial charge < -0.3 is 10.4 Å². The van der Waals surface area contributed by atoms with Crippen molar-refractivity contribution in [2.75, 3.05) is 0 Å². The number of halogens is 6. The van der Waals surface area contributed by atoms with Gasteiger partial charge in [-0.05, 0) is 37.0 Å². The summed E-state index contributed by atoms with van der Waals surface area (Å²) in [6.45, 7) is 0. The van der Waals surface area contributed by atoms with E-state index in [2.05, 4.69) is 5.32 Å². The van der Waals surface area contributed by atoms with Gasteiger partial charge in [0.25, 0.3) is 5.91 Å². The van der Waals surface area contributed by atoms with Crippen LogP contribution in [0.4, 0.5) is 26.3 Å². The summed E-state index contributed by atoms with van der Waals surface area (Å²) < 4.78 is 77.3. The number of aliphatic carboxylic acids is 1. The Bertz CT molecular complexity index is 675. The molecular weight excluding hydrogens is 380 g/mol. The maximum atomic E-state index is 12.9. The molecule has 0 heterocycles. The first-order valence-electron chi connectivity index (χ1n) is 8.22. The van der Waals surface area contributed by atoms with Crippen LogP contribution in [0.2, 0.25) is 0 Å². The topological polar surface area (TPSA) is 66.4 Å². The van der Waals surface area contributed by atoms with Crippen molar-refractivity contribution in [2.24, 2.45) is 5.92 Å². The Morgan fingerprint density at radius 1 is 0.926 bits per heavy atom. The molecular formula is C17H17F6NO3. The van der Waals surface area contributed by atoms with Crippen molar-refractivity contribution >= 4 is 11.9 Å². The lowest BCUT2D eigenvalue weighted by atomic mass is 9.83. The van der Waals surface area contributed by atoms with Gasteiger partial charge in [0.15, 0.2) is 0 Å². The molecule has 0 bridgehead atoms. The third kappa shape index (κ3) is 5.36. The molecule has 150 valence electrons. The Hall–Kier alpha value is -2.26. The van der Waals surface area contributed by atoms with Crippen LogP contribution in [0.3, 0.4) is 0 Å². The van der Waals surface area contributed by atoms with E-state index in [1.165, 1.54) is 0 Å². The molecule has 27 heavy (non-hydrogen) atoms. The molecule has 0 spiro atoms. The van der Waals surface area contributed by atoms with Gasteiger partial charge in [0.1, 0.15) is 6.04 Å². The SMILES string of the molecule is O=C(N[C@H](C(=O)O)C1CCCCC1)c1cc(C(F)(F)F)cc(C(F)(F)F)c1. The first-order chi connectivity index (χ1) is 12.4. The zero-order valence-corrected chi connectivity index (χ0v) is 14.0. The van der Waals surface area contributed by atoms with E-state index in [4.69, 9.17) is 0 Å². The number of carboxylic acids is 1. The van der Waals surface area contributed by atoms with E-state index < -0.39 is 52.9 Å². The van der Waals surface area contributed by atoms with Gasteiger partial charge in [-0.2, -0.15) is 26.3 Å². The zero-order valence-electron chi connectivity index (χ0n) is 14.0. The van der Waals surface area contributed by atoms with Crippen LogP contribution in [0.25, 0.3) is 0 Å².